The van der Waals surface area contributed by atoms with E-state index in [4.69, 9.17) is 7.85 Å². The Morgan fingerprint density at radius 2 is 2.20 bits per heavy atom. The maximum atomic E-state index is 9.30. The van der Waals surface area contributed by atoms with Crippen LogP contribution in [0, 0.1) is 0 Å². The third-order valence-electron chi connectivity index (χ3n) is 2.91. The number of imidazole rings is 1. The predicted molar refractivity (Wildman–Crippen MR) is 59.9 cm³/mol. The van der Waals surface area contributed by atoms with E-state index >= 15 is 0 Å². The molecule has 0 saturated carbocycles. The quantitative estimate of drug-likeness (QED) is 0.733. The SMILES string of the molecule is [B]C(C)(C)c1c(CO)nc2n1CCCC2. The number of aliphatic hydroxyl groups excluding tert-OH is 1. The van der Waals surface area contributed by atoms with Crippen molar-refractivity contribution in [3.8, 4) is 0 Å². The predicted octanol–water partition coefficient (Wildman–Crippen LogP) is 1.12. The fraction of sp³-hybridized carbons (Fsp3) is 0.727. The number of rotatable bonds is 2. The van der Waals surface area contributed by atoms with Crippen LogP contribution in [0.2, 0.25) is 0 Å². The van der Waals surface area contributed by atoms with Gasteiger partial charge in [0.15, 0.2) is 0 Å². The van der Waals surface area contributed by atoms with Crippen LogP contribution < -0.4 is 0 Å². The molecule has 3 nitrogen and oxygen atoms in total. The van der Waals surface area contributed by atoms with Gasteiger partial charge < -0.3 is 9.67 Å². The van der Waals surface area contributed by atoms with E-state index in [1.165, 1.54) is 12.8 Å². The van der Waals surface area contributed by atoms with Gasteiger partial charge in [0, 0.05) is 18.7 Å². The Labute approximate surface area is 91.9 Å². The van der Waals surface area contributed by atoms with Crippen LogP contribution in [0.1, 0.15) is 43.9 Å². The molecule has 0 amide bonds. The zero-order valence-electron chi connectivity index (χ0n) is 9.45. The van der Waals surface area contributed by atoms with Crippen molar-refractivity contribution in [3.05, 3.63) is 17.2 Å². The minimum Gasteiger partial charge on any atom is -0.390 e. The molecule has 2 rings (SSSR count). The zero-order valence-corrected chi connectivity index (χ0v) is 9.45. The molecule has 0 unspecified atom stereocenters. The lowest BCUT2D eigenvalue weighted by molar-refractivity contribution is 0.274. The van der Waals surface area contributed by atoms with Crippen molar-refractivity contribution in [3.63, 3.8) is 0 Å². The van der Waals surface area contributed by atoms with Crippen molar-refractivity contribution in [2.24, 2.45) is 0 Å². The lowest BCUT2D eigenvalue weighted by atomic mass is 9.69. The molecule has 1 aliphatic heterocycles. The Morgan fingerprint density at radius 3 is 2.80 bits per heavy atom. The minimum absolute atomic E-state index is 0.0179. The number of aromatic nitrogens is 2. The molecular formula is C11H17BN2O. The number of hydrogen-bond donors (Lipinski definition) is 1. The first-order chi connectivity index (χ1) is 7.04. The maximum Gasteiger partial charge on any atom is 0.109 e. The summed E-state index contributed by atoms with van der Waals surface area (Å²) in [4.78, 5) is 4.47. The average Bonchev–Trinajstić information content (AvgIpc) is 2.54. The van der Waals surface area contributed by atoms with E-state index in [0.717, 1.165) is 30.2 Å². The van der Waals surface area contributed by atoms with Gasteiger partial charge >= 0.3 is 0 Å². The molecule has 1 aromatic heterocycles. The highest BCUT2D eigenvalue weighted by Crippen LogP contribution is 2.28. The van der Waals surface area contributed by atoms with E-state index in [1.54, 1.807) is 0 Å². The molecule has 1 N–H and O–H groups in total. The fourth-order valence-electron chi connectivity index (χ4n) is 2.37. The van der Waals surface area contributed by atoms with Crippen LogP contribution in [0.3, 0.4) is 0 Å². The summed E-state index contributed by atoms with van der Waals surface area (Å²) in [6.45, 7) is 4.89. The Morgan fingerprint density at radius 1 is 1.47 bits per heavy atom. The fourth-order valence-corrected chi connectivity index (χ4v) is 2.37. The molecule has 0 spiro atoms. The second-order valence-electron chi connectivity index (χ2n) is 4.81. The number of aryl methyl sites for hydroxylation is 1. The van der Waals surface area contributed by atoms with Crippen LogP contribution in [0.15, 0.2) is 0 Å². The third kappa shape index (κ3) is 1.83. The normalized spacial score (nSPS) is 16.5. The van der Waals surface area contributed by atoms with E-state index in [0.29, 0.717) is 0 Å². The molecule has 0 aliphatic carbocycles. The number of fused-ring (bicyclic) bond motifs is 1. The summed E-state index contributed by atoms with van der Waals surface area (Å²) in [6.07, 6.45) is 3.37. The van der Waals surface area contributed by atoms with Gasteiger partial charge in [-0.15, -0.1) is 0 Å². The largest absolute Gasteiger partial charge is 0.390 e. The lowest BCUT2D eigenvalue weighted by Crippen LogP contribution is -2.25. The molecule has 0 atom stereocenters. The second kappa shape index (κ2) is 3.67. The van der Waals surface area contributed by atoms with E-state index in [9.17, 15) is 5.11 Å². The highest BCUT2D eigenvalue weighted by atomic mass is 16.3. The summed E-state index contributed by atoms with van der Waals surface area (Å²) in [5.74, 6) is 1.08. The zero-order chi connectivity index (χ0) is 11.1. The molecule has 0 saturated heterocycles. The summed E-state index contributed by atoms with van der Waals surface area (Å²) in [5.41, 5.74) is 1.75. The van der Waals surface area contributed by atoms with Gasteiger partial charge in [-0.3, -0.25) is 0 Å². The molecule has 2 heterocycles. The van der Waals surface area contributed by atoms with Gasteiger partial charge in [-0.25, -0.2) is 4.98 Å². The van der Waals surface area contributed by atoms with Crippen LogP contribution >= 0.6 is 0 Å². The van der Waals surface area contributed by atoms with Crippen LogP contribution in [-0.2, 0) is 24.9 Å². The standard InChI is InChI=1S/C11H17BN2O/c1-11(2,12)10-8(7-15)13-9-5-3-4-6-14(9)10/h15H,3-7H2,1-2H3. The first-order valence-electron chi connectivity index (χ1n) is 5.52. The summed E-state index contributed by atoms with van der Waals surface area (Å²) >= 11 is 0. The Bertz CT molecular complexity index is 365. The summed E-state index contributed by atoms with van der Waals surface area (Å²) < 4.78 is 2.19. The smallest absolute Gasteiger partial charge is 0.109 e. The first-order valence-corrected chi connectivity index (χ1v) is 5.52. The van der Waals surface area contributed by atoms with Crippen LogP contribution in [0.25, 0.3) is 0 Å². The minimum atomic E-state index is -0.430. The van der Waals surface area contributed by atoms with Gasteiger partial charge in [-0.1, -0.05) is 13.8 Å². The van der Waals surface area contributed by atoms with Gasteiger partial charge in [-0.2, -0.15) is 0 Å². The molecule has 1 aromatic rings. The second-order valence-corrected chi connectivity index (χ2v) is 4.81. The van der Waals surface area contributed by atoms with Crippen molar-refractivity contribution in [2.75, 3.05) is 0 Å². The Kier molecular flexibility index (Phi) is 2.63. The third-order valence-corrected chi connectivity index (χ3v) is 2.91. The van der Waals surface area contributed by atoms with Crippen LogP contribution in [0.5, 0.6) is 0 Å². The van der Waals surface area contributed by atoms with E-state index in [-0.39, 0.29) is 6.61 Å². The van der Waals surface area contributed by atoms with Crippen molar-refractivity contribution < 1.29 is 5.11 Å². The van der Waals surface area contributed by atoms with Gasteiger partial charge in [0.25, 0.3) is 0 Å². The number of nitrogens with zero attached hydrogens (tertiary/aromatic N) is 2. The summed E-state index contributed by atoms with van der Waals surface area (Å²) in [6, 6.07) is 0. The Balaban J connectivity index is 2.54. The Hall–Kier alpha value is -0.765. The number of aliphatic hydroxyl groups is 1. The molecule has 80 valence electrons. The molecule has 0 bridgehead atoms. The van der Waals surface area contributed by atoms with Crippen LogP contribution in [0.4, 0.5) is 0 Å². The van der Waals surface area contributed by atoms with Crippen molar-refractivity contribution in [1.29, 1.82) is 0 Å². The molecule has 1 aliphatic rings. The van der Waals surface area contributed by atoms with Gasteiger partial charge in [-0.05, 0) is 18.2 Å². The van der Waals surface area contributed by atoms with Crippen LogP contribution in [-0.4, -0.2) is 22.5 Å². The van der Waals surface area contributed by atoms with E-state index in [2.05, 4.69) is 9.55 Å². The molecule has 0 fully saturated rings. The summed E-state index contributed by atoms with van der Waals surface area (Å²) in [7, 11) is 6.13. The van der Waals surface area contributed by atoms with Gasteiger partial charge in [0.2, 0.25) is 0 Å². The molecule has 0 aromatic carbocycles. The monoisotopic (exact) mass is 204 g/mol. The molecule has 15 heavy (non-hydrogen) atoms. The highest BCUT2D eigenvalue weighted by Gasteiger charge is 2.26. The van der Waals surface area contributed by atoms with E-state index < -0.39 is 5.31 Å². The average molecular weight is 204 g/mol. The van der Waals surface area contributed by atoms with Gasteiger partial charge in [0.1, 0.15) is 5.82 Å². The number of hydrogen-bond acceptors (Lipinski definition) is 2. The van der Waals surface area contributed by atoms with Crippen molar-refractivity contribution in [2.45, 2.75) is 51.6 Å². The topological polar surface area (TPSA) is 38.1 Å². The first kappa shape index (κ1) is 10.7. The van der Waals surface area contributed by atoms with Crippen molar-refractivity contribution in [1.82, 2.24) is 9.55 Å². The van der Waals surface area contributed by atoms with E-state index in [1.807, 2.05) is 13.8 Å². The molecular weight excluding hydrogens is 187 g/mol. The van der Waals surface area contributed by atoms with Crippen molar-refractivity contribution >= 4 is 7.85 Å². The van der Waals surface area contributed by atoms with Gasteiger partial charge in [0.05, 0.1) is 20.1 Å². The maximum absolute atomic E-state index is 9.30. The molecule has 4 heteroatoms. The summed E-state index contributed by atoms with van der Waals surface area (Å²) in [5, 5.41) is 8.87. The highest BCUT2D eigenvalue weighted by molar-refractivity contribution is 6.15. The molecule has 2 radical (unpaired) electrons. The lowest BCUT2D eigenvalue weighted by Gasteiger charge is -2.25.